The topological polar surface area (TPSA) is 79.0 Å². The quantitative estimate of drug-likeness (QED) is 0.734. The first-order valence-electron chi connectivity index (χ1n) is 10.0. The fraction of sp³-hybridized carbons (Fsp3) is 0.650. The number of piperazine rings is 1. The predicted octanol–water partition coefficient (Wildman–Crippen LogP) is 2.59. The van der Waals surface area contributed by atoms with E-state index in [0.29, 0.717) is 49.1 Å². The van der Waals surface area contributed by atoms with E-state index in [1.165, 1.54) is 50.6 Å². The van der Waals surface area contributed by atoms with Crippen molar-refractivity contribution in [3.63, 3.8) is 0 Å². The number of anilines is 1. The standard InChI is InChI=1S/C20H29N3O4S/c1-27-20(26)19-16(7-12-28-19)21-17(24)14-22-8-10-23(11-9-22)18(25)13-15-5-3-2-4-6-15/h7,12,15H,2-6,8-11,13-14H2,1H3,(H,21,24). The molecule has 154 valence electrons. The number of methoxy groups -OCH3 is 1. The number of rotatable bonds is 6. The Morgan fingerprint density at radius 2 is 1.86 bits per heavy atom. The Hall–Kier alpha value is -1.93. The zero-order valence-corrected chi connectivity index (χ0v) is 17.3. The summed E-state index contributed by atoms with van der Waals surface area (Å²) in [5.41, 5.74) is 0.489. The number of hydrogen-bond acceptors (Lipinski definition) is 6. The van der Waals surface area contributed by atoms with Crippen molar-refractivity contribution < 1.29 is 19.1 Å². The first kappa shape index (κ1) is 20.8. The first-order chi connectivity index (χ1) is 13.6. The van der Waals surface area contributed by atoms with Crippen LogP contribution in [0.1, 0.15) is 48.2 Å². The number of nitrogens with zero attached hydrogens (tertiary/aromatic N) is 2. The summed E-state index contributed by atoms with van der Waals surface area (Å²) in [5.74, 6) is 0.206. The van der Waals surface area contributed by atoms with Gasteiger partial charge in [-0.25, -0.2) is 4.79 Å². The van der Waals surface area contributed by atoms with Crippen molar-refractivity contribution in [2.24, 2.45) is 5.92 Å². The largest absolute Gasteiger partial charge is 0.465 e. The zero-order valence-electron chi connectivity index (χ0n) is 16.4. The molecule has 0 unspecified atom stereocenters. The number of nitrogens with one attached hydrogen (secondary N) is 1. The molecule has 3 rings (SSSR count). The van der Waals surface area contributed by atoms with E-state index in [9.17, 15) is 14.4 Å². The lowest BCUT2D eigenvalue weighted by Crippen LogP contribution is -2.50. The average molecular weight is 408 g/mol. The summed E-state index contributed by atoms with van der Waals surface area (Å²) in [6.45, 7) is 2.98. The molecule has 1 saturated carbocycles. The van der Waals surface area contributed by atoms with Gasteiger partial charge >= 0.3 is 5.97 Å². The van der Waals surface area contributed by atoms with Crippen LogP contribution in [-0.4, -0.2) is 67.4 Å². The first-order valence-corrected chi connectivity index (χ1v) is 10.9. The fourth-order valence-electron chi connectivity index (χ4n) is 3.97. The van der Waals surface area contributed by atoms with Crippen LogP contribution in [0.3, 0.4) is 0 Å². The minimum Gasteiger partial charge on any atom is -0.465 e. The van der Waals surface area contributed by atoms with Crippen LogP contribution in [0.2, 0.25) is 0 Å². The second-order valence-electron chi connectivity index (χ2n) is 7.57. The molecule has 0 aromatic carbocycles. The van der Waals surface area contributed by atoms with E-state index in [1.54, 1.807) is 11.4 Å². The van der Waals surface area contributed by atoms with E-state index >= 15 is 0 Å². The SMILES string of the molecule is COC(=O)c1sccc1NC(=O)CN1CCN(C(=O)CC2CCCCC2)CC1. The van der Waals surface area contributed by atoms with Gasteiger partial charge in [-0.3, -0.25) is 14.5 Å². The van der Waals surface area contributed by atoms with E-state index in [0.717, 1.165) is 0 Å². The number of hydrogen-bond donors (Lipinski definition) is 1. The molecule has 2 aliphatic rings. The Bertz CT molecular complexity index is 691. The van der Waals surface area contributed by atoms with Crippen molar-refractivity contribution in [1.29, 1.82) is 0 Å². The number of carbonyl (C=O) groups excluding carboxylic acids is 3. The molecule has 1 N–H and O–H groups in total. The van der Waals surface area contributed by atoms with Gasteiger partial charge in [0, 0.05) is 32.6 Å². The van der Waals surface area contributed by atoms with Crippen LogP contribution in [0, 0.1) is 5.92 Å². The third-order valence-electron chi connectivity index (χ3n) is 5.59. The second-order valence-corrected chi connectivity index (χ2v) is 8.48. The Labute approximate surface area is 170 Å². The fourth-order valence-corrected chi connectivity index (χ4v) is 4.74. The number of amides is 2. The number of thiophene rings is 1. The Morgan fingerprint density at radius 3 is 2.54 bits per heavy atom. The molecule has 2 amide bonds. The van der Waals surface area contributed by atoms with Gasteiger partial charge in [0.25, 0.3) is 0 Å². The molecule has 1 aliphatic heterocycles. The molecule has 1 aromatic rings. The van der Waals surface area contributed by atoms with Gasteiger partial charge in [0.1, 0.15) is 4.88 Å². The molecule has 0 spiro atoms. The van der Waals surface area contributed by atoms with Gasteiger partial charge in [0.15, 0.2) is 0 Å². The van der Waals surface area contributed by atoms with E-state index in [1.807, 2.05) is 9.80 Å². The maximum absolute atomic E-state index is 12.5. The number of carbonyl (C=O) groups is 3. The van der Waals surface area contributed by atoms with Crippen LogP contribution in [0.5, 0.6) is 0 Å². The third kappa shape index (κ3) is 5.54. The molecule has 1 saturated heterocycles. The highest BCUT2D eigenvalue weighted by Gasteiger charge is 2.25. The third-order valence-corrected chi connectivity index (χ3v) is 6.48. The summed E-state index contributed by atoms with van der Waals surface area (Å²) < 4.78 is 4.73. The van der Waals surface area contributed by atoms with Crippen LogP contribution in [0.4, 0.5) is 5.69 Å². The maximum Gasteiger partial charge on any atom is 0.350 e. The van der Waals surface area contributed by atoms with E-state index in [-0.39, 0.29) is 18.4 Å². The molecule has 0 radical (unpaired) electrons. The molecule has 1 aromatic heterocycles. The highest BCUT2D eigenvalue weighted by Crippen LogP contribution is 2.27. The van der Waals surface area contributed by atoms with Crippen molar-refractivity contribution in [3.05, 3.63) is 16.3 Å². The van der Waals surface area contributed by atoms with Crippen molar-refractivity contribution in [3.8, 4) is 0 Å². The zero-order chi connectivity index (χ0) is 19.9. The Kier molecular flexibility index (Phi) is 7.44. The minimum atomic E-state index is -0.449. The summed E-state index contributed by atoms with van der Waals surface area (Å²) in [7, 11) is 1.32. The lowest BCUT2D eigenvalue weighted by atomic mass is 9.86. The second kappa shape index (κ2) is 10.0. The van der Waals surface area contributed by atoms with Crippen LogP contribution in [0.15, 0.2) is 11.4 Å². The molecule has 8 heteroatoms. The summed E-state index contributed by atoms with van der Waals surface area (Å²) in [5, 5.41) is 4.54. The summed E-state index contributed by atoms with van der Waals surface area (Å²) in [4.78, 5) is 40.9. The number of ether oxygens (including phenoxy) is 1. The van der Waals surface area contributed by atoms with Crippen molar-refractivity contribution in [2.75, 3.05) is 45.2 Å². The normalized spacial score (nSPS) is 18.7. The molecule has 2 fully saturated rings. The van der Waals surface area contributed by atoms with Crippen LogP contribution in [-0.2, 0) is 14.3 Å². The lowest BCUT2D eigenvalue weighted by Gasteiger charge is -2.35. The van der Waals surface area contributed by atoms with Crippen molar-refractivity contribution in [1.82, 2.24) is 9.80 Å². The van der Waals surface area contributed by atoms with Gasteiger partial charge in [-0.05, 0) is 30.2 Å². The molecule has 0 bridgehead atoms. The molecule has 0 atom stereocenters. The smallest absolute Gasteiger partial charge is 0.350 e. The lowest BCUT2D eigenvalue weighted by molar-refractivity contribution is -0.134. The Morgan fingerprint density at radius 1 is 1.14 bits per heavy atom. The van der Waals surface area contributed by atoms with Crippen molar-refractivity contribution >= 4 is 34.8 Å². The van der Waals surface area contributed by atoms with E-state index in [2.05, 4.69) is 5.32 Å². The van der Waals surface area contributed by atoms with E-state index in [4.69, 9.17) is 4.74 Å². The van der Waals surface area contributed by atoms with Gasteiger partial charge in [-0.15, -0.1) is 11.3 Å². The van der Waals surface area contributed by atoms with Gasteiger partial charge in [0.05, 0.1) is 19.3 Å². The van der Waals surface area contributed by atoms with Gasteiger partial charge in [-0.2, -0.15) is 0 Å². The van der Waals surface area contributed by atoms with Crippen LogP contribution < -0.4 is 5.32 Å². The molecule has 1 aliphatic carbocycles. The summed E-state index contributed by atoms with van der Waals surface area (Å²) >= 11 is 1.24. The Balaban J connectivity index is 1.41. The van der Waals surface area contributed by atoms with Gasteiger partial charge in [-0.1, -0.05) is 19.3 Å². The highest BCUT2D eigenvalue weighted by atomic mass is 32.1. The molecule has 28 heavy (non-hydrogen) atoms. The summed E-state index contributed by atoms with van der Waals surface area (Å²) in [6.07, 6.45) is 6.85. The molecule has 7 nitrogen and oxygen atoms in total. The van der Waals surface area contributed by atoms with Crippen molar-refractivity contribution in [2.45, 2.75) is 38.5 Å². The predicted molar refractivity (Wildman–Crippen MR) is 109 cm³/mol. The highest BCUT2D eigenvalue weighted by molar-refractivity contribution is 7.12. The molecular formula is C20H29N3O4S. The van der Waals surface area contributed by atoms with Gasteiger partial charge < -0.3 is 15.0 Å². The van der Waals surface area contributed by atoms with Crippen LogP contribution in [0.25, 0.3) is 0 Å². The molecule has 2 heterocycles. The minimum absolute atomic E-state index is 0.162. The molecular weight excluding hydrogens is 378 g/mol. The summed E-state index contributed by atoms with van der Waals surface area (Å²) in [6, 6.07) is 1.71. The monoisotopic (exact) mass is 407 g/mol. The average Bonchev–Trinajstić information content (AvgIpc) is 3.16. The van der Waals surface area contributed by atoms with Gasteiger partial charge in [0.2, 0.25) is 11.8 Å². The van der Waals surface area contributed by atoms with E-state index < -0.39 is 5.97 Å². The number of esters is 1. The maximum atomic E-state index is 12.5. The van der Waals surface area contributed by atoms with Crippen LogP contribution >= 0.6 is 11.3 Å².